The van der Waals surface area contributed by atoms with Crippen LogP contribution in [0, 0.1) is 17.8 Å². The molecule has 4 aliphatic rings. The molecule has 4 nitrogen and oxygen atoms in total. The number of esters is 1. The van der Waals surface area contributed by atoms with Crippen molar-refractivity contribution in [1.82, 2.24) is 5.32 Å². The average molecular weight is 333 g/mol. The molecule has 1 unspecified atom stereocenters. The fourth-order valence-corrected chi connectivity index (χ4v) is 5.70. The third-order valence-corrected chi connectivity index (χ3v) is 7.17. The van der Waals surface area contributed by atoms with Crippen LogP contribution in [0.3, 0.4) is 0 Å². The van der Waals surface area contributed by atoms with Crippen LogP contribution < -0.4 is 5.32 Å². The highest BCUT2D eigenvalue weighted by Gasteiger charge is 2.68. The van der Waals surface area contributed by atoms with Crippen LogP contribution in [0.1, 0.15) is 83.5 Å². The quantitative estimate of drug-likeness (QED) is 0.780. The highest BCUT2D eigenvalue weighted by molar-refractivity contribution is 5.97. The molecule has 2 heterocycles. The van der Waals surface area contributed by atoms with E-state index in [0.717, 1.165) is 25.2 Å². The van der Waals surface area contributed by atoms with Crippen molar-refractivity contribution in [3.63, 3.8) is 0 Å². The lowest BCUT2D eigenvalue weighted by molar-refractivity contribution is -0.206. The second kappa shape index (κ2) is 6.68. The fraction of sp³-hybridized carbons (Fsp3) is 0.900. The minimum Gasteiger partial charge on any atom is -0.454 e. The Morgan fingerprint density at radius 1 is 0.917 bits per heavy atom. The molecular weight excluding hydrogens is 302 g/mol. The second-order valence-corrected chi connectivity index (χ2v) is 8.65. The Balaban J connectivity index is 1.44. The van der Waals surface area contributed by atoms with E-state index >= 15 is 0 Å². The topological polar surface area (TPSA) is 55.4 Å². The number of rotatable bonds is 5. The lowest BCUT2D eigenvalue weighted by Gasteiger charge is -2.46. The minimum absolute atomic E-state index is 0.0695. The van der Waals surface area contributed by atoms with Crippen LogP contribution in [0.25, 0.3) is 0 Å². The predicted molar refractivity (Wildman–Crippen MR) is 91.2 cm³/mol. The number of ether oxygens (including phenoxy) is 1. The van der Waals surface area contributed by atoms with Gasteiger partial charge in [-0.15, -0.1) is 0 Å². The molecule has 2 saturated heterocycles. The standard InChI is InChI=1S/C20H31NO3/c22-18-16(13-15-9-5-2-6-10-15)20(17(21-18)19(23)24-20)12-11-14-7-3-1-4-8-14/h14-17H,1-13H2,(H,21,22)/t16-,17?,20+/m0/s1. The summed E-state index contributed by atoms with van der Waals surface area (Å²) in [6.45, 7) is 0. The summed E-state index contributed by atoms with van der Waals surface area (Å²) in [5.74, 6) is 1.16. The molecule has 4 fully saturated rings. The second-order valence-electron chi connectivity index (χ2n) is 8.65. The third kappa shape index (κ3) is 2.86. The largest absolute Gasteiger partial charge is 0.454 e. The Kier molecular flexibility index (Phi) is 4.57. The maximum absolute atomic E-state index is 12.6. The predicted octanol–water partition coefficient (Wildman–Crippen LogP) is 3.73. The number of amides is 1. The third-order valence-electron chi connectivity index (χ3n) is 7.17. The van der Waals surface area contributed by atoms with Crippen molar-refractivity contribution in [2.45, 2.75) is 95.1 Å². The molecule has 1 N–H and O–H groups in total. The van der Waals surface area contributed by atoms with Gasteiger partial charge >= 0.3 is 5.97 Å². The van der Waals surface area contributed by atoms with Gasteiger partial charge in [-0.25, -0.2) is 4.79 Å². The summed E-state index contributed by atoms with van der Waals surface area (Å²) in [4.78, 5) is 24.5. The maximum atomic E-state index is 12.6. The van der Waals surface area contributed by atoms with Crippen molar-refractivity contribution in [2.24, 2.45) is 17.8 Å². The molecule has 0 aromatic carbocycles. The molecule has 24 heavy (non-hydrogen) atoms. The molecule has 4 heteroatoms. The molecule has 2 aliphatic heterocycles. The first-order valence-electron chi connectivity index (χ1n) is 10.2. The van der Waals surface area contributed by atoms with E-state index in [9.17, 15) is 9.59 Å². The first-order chi connectivity index (χ1) is 11.7. The Hall–Kier alpha value is -1.06. The summed E-state index contributed by atoms with van der Waals surface area (Å²) < 4.78 is 5.74. The number of nitrogens with one attached hydrogen (secondary N) is 1. The molecule has 0 bridgehead atoms. The van der Waals surface area contributed by atoms with Gasteiger partial charge in [0, 0.05) is 0 Å². The number of hydrogen-bond donors (Lipinski definition) is 1. The number of carbonyl (C=O) groups excluding carboxylic acids is 2. The van der Waals surface area contributed by atoms with Crippen molar-refractivity contribution in [1.29, 1.82) is 0 Å². The van der Waals surface area contributed by atoms with Gasteiger partial charge in [0.2, 0.25) is 5.91 Å². The Labute approximate surface area is 145 Å². The summed E-state index contributed by atoms with van der Waals surface area (Å²) in [7, 11) is 0. The number of hydrogen-bond acceptors (Lipinski definition) is 3. The lowest BCUT2D eigenvalue weighted by Crippen LogP contribution is -2.65. The van der Waals surface area contributed by atoms with Crippen molar-refractivity contribution < 1.29 is 14.3 Å². The van der Waals surface area contributed by atoms with Crippen LogP contribution in [0.4, 0.5) is 0 Å². The Morgan fingerprint density at radius 2 is 1.54 bits per heavy atom. The number of carbonyl (C=O) groups is 2. The molecule has 1 amide bonds. The van der Waals surface area contributed by atoms with Gasteiger partial charge in [-0.2, -0.15) is 0 Å². The molecule has 0 spiro atoms. The highest BCUT2D eigenvalue weighted by atomic mass is 16.6. The van der Waals surface area contributed by atoms with Gasteiger partial charge in [-0.3, -0.25) is 4.79 Å². The SMILES string of the molecule is O=C1O[C@@]2(CCC3CCCCC3)C1NC(=O)[C@@H]2CC1CCCCC1. The molecule has 2 saturated carbocycles. The summed E-state index contributed by atoms with van der Waals surface area (Å²) in [6, 6.07) is -0.359. The Morgan fingerprint density at radius 3 is 2.17 bits per heavy atom. The number of fused-ring (bicyclic) bond motifs is 1. The summed E-state index contributed by atoms with van der Waals surface area (Å²) in [5.41, 5.74) is -0.511. The summed E-state index contributed by atoms with van der Waals surface area (Å²) in [6.07, 6.45) is 15.9. The highest BCUT2D eigenvalue weighted by Crippen LogP contribution is 2.49. The van der Waals surface area contributed by atoms with Gasteiger partial charge in [-0.1, -0.05) is 64.2 Å². The van der Waals surface area contributed by atoms with Crippen LogP contribution in [-0.4, -0.2) is 23.5 Å². The van der Waals surface area contributed by atoms with Crippen LogP contribution in [0.5, 0.6) is 0 Å². The van der Waals surface area contributed by atoms with E-state index in [-0.39, 0.29) is 23.8 Å². The lowest BCUT2D eigenvalue weighted by atomic mass is 9.70. The van der Waals surface area contributed by atoms with Gasteiger partial charge in [0.05, 0.1) is 5.92 Å². The summed E-state index contributed by atoms with van der Waals surface area (Å²) >= 11 is 0. The first kappa shape index (κ1) is 16.4. The normalized spacial score (nSPS) is 37.5. The molecule has 2 aliphatic carbocycles. The van der Waals surface area contributed by atoms with Crippen LogP contribution in [0.2, 0.25) is 0 Å². The van der Waals surface area contributed by atoms with Crippen LogP contribution in [-0.2, 0) is 14.3 Å². The van der Waals surface area contributed by atoms with Crippen LogP contribution >= 0.6 is 0 Å². The van der Waals surface area contributed by atoms with Crippen molar-refractivity contribution >= 4 is 11.9 Å². The van der Waals surface area contributed by atoms with Gasteiger partial charge in [0.1, 0.15) is 0 Å². The van der Waals surface area contributed by atoms with E-state index in [1.54, 1.807) is 0 Å². The van der Waals surface area contributed by atoms with Crippen LogP contribution in [0.15, 0.2) is 0 Å². The monoisotopic (exact) mass is 333 g/mol. The Bertz CT molecular complexity index is 493. The van der Waals surface area contributed by atoms with E-state index in [4.69, 9.17) is 4.74 Å². The van der Waals surface area contributed by atoms with Crippen molar-refractivity contribution in [3.05, 3.63) is 0 Å². The minimum atomic E-state index is -0.511. The smallest absolute Gasteiger partial charge is 0.333 e. The van der Waals surface area contributed by atoms with Gasteiger partial charge < -0.3 is 10.1 Å². The van der Waals surface area contributed by atoms with E-state index in [1.165, 1.54) is 64.2 Å². The van der Waals surface area contributed by atoms with E-state index < -0.39 is 5.60 Å². The molecule has 134 valence electrons. The summed E-state index contributed by atoms with van der Waals surface area (Å²) in [5, 5.41) is 2.96. The van der Waals surface area contributed by atoms with Gasteiger partial charge in [0.15, 0.2) is 11.6 Å². The molecular formula is C20H31NO3. The molecule has 3 atom stereocenters. The zero-order valence-electron chi connectivity index (χ0n) is 14.7. The van der Waals surface area contributed by atoms with E-state index in [2.05, 4.69) is 5.32 Å². The average Bonchev–Trinajstić information content (AvgIpc) is 2.83. The van der Waals surface area contributed by atoms with E-state index in [0.29, 0.717) is 5.92 Å². The van der Waals surface area contributed by atoms with Gasteiger partial charge in [-0.05, 0) is 31.1 Å². The zero-order chi connectivity index (χ0) is 16.6. The zero-order valence-corrected chi connectivity index (χ0v) is 14.7. The molecule has 0 aromatic heterocycles. The van der Waals surface area contributed by atoms with E-state index in [1.807, 2.05) is 0 Å². The first-order valence-corrected chi connectivity index (χ1v) is 10.2. The van der Waals surface area contributed by atoms with Gasteiger partial charge in [0.25, 0.3) is 0 Å². The molecule has 0 aromatic rings. The fourth-order valence-electron chi connectivity index (χ4n) is 5.70. The van der Waals surface area contributed by atoms with Crippen molar-refractivity contribution in [3.8, 4) is 0 Å². The molecule has 4 rings (SSSR count). The van der Waals surface area contributed by atoms with Crippen molar-refractivity contribution in [2.75, 3.05) is 0 Å². The maximum Gasteiger partial charge on any atom is 0.333 e. The molecule has 0 radical (unpaired) electrons.